The van der Waals surface area contributed by atoms with Gasteiger partial charge in [-0.05, 0) is 35.7 Å². The van der Waals surface area contributed by atoms with E-state index in [-0.39, 0.29) is 12.5 Å². The first-order valence-electron chi connectivity index (χ1n) is 9.08. The average molecular weight is 448 g/mol. The molecule has 0 aliphatic rings. The van der Waals surface area contributed by atoms with Crippen molar-refractivity contribution in [2.24, 2.45) is 5.10 Å². The van der Waals surface area contributed by atoms with Crippen molar-refractivity contribution in [3.05, 3.63) is 89.1 Å². The van der Waals surface area contributed by atoms with E-state index in [2.05, 4.69) is 31.8 Å². The Balaban J connectivity index is 1.33. The summed E-state index contributed by atoms with van der Waals surface area (Å²) in [6.07, 6.45) is 1.48. The summed E-state index contributed by atoms with van der Waals surface area (Å²) >= 11 is 3.45. The summed E-state index contributed by atoms with van der Waals surface area (Å²) < 4.78 is 6.73. The van der Waals surface area contributed by atoms with E-state index in [1.54, 1.807) is 6.07 Å². The van der Waals surface area contributed by atoms with Crippen molar-refractivity contribution in [3.63, 3.8) is 0 Å². The molecule has 0 saturated carbocycles. The Morgan fingerprint density at radius 1 is 1.00 bits per heavy atom. The van der Waals surface area contributed by atoms with Crippen molar-refractivity contribution in [2.75, 3.05) is 11.9 Å². The van der Waals surface area contributed by atoms with E-state index >= 15 is 0 Å². The second-order valence-corrected chi connectivity index (χ2v) is 7.30. The van der Waals surface area contributed by atoms with Crippen LogP contribution in [0.4, 0.5) is 5.69 Å². The molecular formula is C23H18BrN3O2. The summed E-state index contributed by atoms with van der Waals surface area (Å²) in [5.41, 5.74) is 4.38. The van der Waals surface area contributed by atoms with Crippen LogP contribution in [0.5, 0.6) is 0 Å². The number of amides is 1. The summed E-state index contributed by atoms with van der Waals surface area (Å²) in [5.74, 6) is 1.05. The van der Waals surface area contributed by atoms with Gasteiger partial charge < -0.3 is 9.73 Å². The van der Waals surface area contributed by atoms with Gasteiger partial charge in [-0.2, -0.15) is 5.10 Å². The first-order chi connectivity index (χ1) is 14.2. The number of furan rings is 1. The van der Waals surface area contributed by atoms with Crippen molar-refractivity contribution in [1.29, 1.82) is 0 Å². The van der Waals surface area contributed by atoms with Gasteiger partial charge in [0.15, 0.2) is 0 Å². The second-order valence-electron chi connectivity index (χ2n) is 6.39. The number of carbonyl (C=O) groups excluding carboxylic acids is 1. The van der Waals surface area contributed by atoms with Gasteiger partial charge in [0.05, 0.1) is 12.8 Å². The number of hydrogen-bond acceptors (Lipinski definition) is 4. The molecule has 29 heavy (non-hydrogen) atoms. The third-order valence-electron chi connectivity index (χ3n) is 4.35. The lowest BCUT2D eigenvalue weighted by molar-refractivity contribution is -0.119. The molecule has 1 aromatic heterocycles. The zero-order valence-corrected chi connectivity index (χ0v) is 17.0. The predicted molar refractivity (Wildman–Crippen MR) is 120 cm³/mol. The molecular weight excluding hydrogens is 430 g/mol. The van der Waals surface area contributed by atoms with E-state index in [4.69, 9.17) is 4.42 Å². The van der Waals surface area contributed by atoms with Gasteiger partial charge in [-0.3, -0.25) is 4.79 Å². The third kappa shape index (κ3) is 4.73. The number of carbonyl (C=O) groups is 1. The Morgan fingerprint density at radius 2 is 1.83 bits per heavy atom. The van der Waals surface area contributed by atoms with Gasteiger partial charge >= 0.3 is 0 Å². The molecule has 0 fully saturated rings. The van der Waals surface area contributed by atoms with Crippen LogP contribution in [0, 0.1) is 0 Å². The largest absolute Gasteiger partial charge is 0.455 e. The van der Waals surface area contributed by atoms with E-state index in [1.165, 1.54) is 6.21 Å². The molecule has 4 aromatic rings. The van der Waals surface area contributed by atoms with Crippen LogP contribution in [0.3, 0.4) is 0 Å². The molecule has 5 nitrogen and oxygen atoms in total. The van der Waals surface area contributed by atoms with Gasteiger partial charge in [-0.25, -0.2) is 5.43 Å². The maximum Gasteiger partial charge on any atom is 0.259 e. The number of hydrazone groups is 1. The van der Waals surface area contributed by atoms with Gasteiger partial charge in [0, 0.05) is 21.1 Å². The van der Waals surface area contributed by atoms with Crippen LogP contribution < -0.4 is 10.7 Å². The van der Waals surface area contributed by atoms with Crippen molar-refractivity contribution < 1.29 is 9.21 Å². The third-order valence-corrected chi connectivity index (χ3v) is 4.84. The smallest absolute Gasteiger partial charge is 0.259 e. The fourth-order valence-corrected chi connectivity index (χ4v) is 3.38. The molecule has 0 aliphatic heterocycles. The number of halogens is 1. The van der Waals surface area contributed by atoms with E-state index in [1.807, 2.05) is 72.8 Å². The molecule has 6 heteroatoms. The fraction of sp³-hybridized carbons (Fsp3) is 0.0435. The molecule has 0 unspecified atom stereocenters. The average Bonchev–Trinajstić information content (AvgIpc) is 3.21. The highest BCUT2D eigenvalue weighted by molar-refractivity contribution is 9.10. The van der Waals surface area contributed by atoms with Gasteiger partial charge in [0.1, 0.15) is 11.5 Å². The Hall–Kier alpha value is -3.38. The zero-order valence-electron chi connectivity index (χ0n) is 15.4. The Bertz CT molecular complexity index is 1180. The molecule has 0 radical (unpaired) electrons. The van der Waals surface area contributed by atoms with Crippen LogP contribution in [0.1, 0.15) is 5.76 Å². The van der Waals surface area contributed by atoms with Crippen molar-refractivity contribution in [2.45, 2.75) is 0 Å². The molecule has 4 rings (SSSR count). The lowest BCUT2D eigenvalue weighted by Crippen LogP contribution is -2.25. The highest BCUT2D eigenvalue weighted by atomic mass is 79.9. The molecule has 144 valence electrons. The zero-order chi connectivity index (χ0) is 20.1. The maximum absolute atomic E-state index is 12.1. The van der Waals surface area contributed by atoms with E-state index in [0.29, 0.717) is 5.76 Å². The molecule has 0 aliphatic carbocycles. The Labute approximate surface area is 176 Å². The first kappa shape index (κ1) is 19.0. The number of benzene rings is 3. The van der Waals surface area contributed by atoms with Crippen LogP contribution in [0.25, 0.3) is 22.1 Å². The molecule has 1 amide bonds. The second kappa shape index (κ2) is 8.75. The standard InChI is InChI=1S/C23H18BrN3O2/c24-18-8-3-7-17(13-18)22-12-11-19(29-22)14-26-27-23(28)15-25-21-10-4-6-16-5-1-2-9-20(16)21/h1-14,25H,15H2,(H,27,28)/b26-14+. The fourth-order valence-electron chi connectivity index (χ4n) is 2.98. The lowest BCUT2D eigenvalue weighted by Gasteiger charge is -2.08. The molecule has 1 heterocycles. The summed E-state index contributed by atoms with van der Waals surface area (Å²) in [7, 11) is 0. The molecule has 0 bridgehead atoms. The van der Waals surface area contributed by atoms with E-state index < -0.39 is 0 Å². The highest BCUT2D eigenvalue weighted by Crippen LogP contribution is 2.24. The van der Waals surface area contributed by atoms with Crippen LogP contribution in [-0.2, 0) is 4.79 Å². The summed E-state index contributed by atoms with van der Waals surface area (Å²) in [4.78, 5) is 12.1. The predicted octanol–water partition coefficient (Wildman–Crippen LogP) is 5.42. The van der Waals surface area contributed by atoms with E-state index in [0.717, 1.165) is 32.3 Å². The first-order valence-corrected chi connectivity index (χ1v) is 9.88. The molecule has 0 spiro atoms. The molecule has 3 aromatic carbocycles. The number of rotatable bonds is 6. The topological polar surface area (TPSA) is 66.6 Å². The van der Waals surface area contributed by atoms with Crippen molar-refractivity contribution in [1.82, 2.24) is 5.43 Å². The van der Waals surface area contributed by atoms with Crippen LogP contribution >= 0.6 is 15.9 Å². The van der Waals surface area contributed by atoms with E-state index in [9.17, 15) is 4.79 Å². The quantitative estimate of drug-likeness (QED) is 0.306. The van der Waals surface area contributed by atoms with Gasteiger partial charge in [-0.15, -0.1) is 0 Å². The number of hydrogen-bond donors (Lipinski definition) is 2. The summed E-state index contributed by atoms with van der Waals surface area (Å²) in [6, 6.07) is 25.5. The van der Waals surface area contributed by atoms with Gasteiger partial charge in [0.25, 0.3) is 5.91 Å². The monoisotopic (exact) mass is 447 g/mol. The molecule has 0 saturated heterocycles. The number of nitrogens with zero attached hydrogens (tertiary/aromatic N) is 1. The highest BCUT2D eigenvalue weighted by Gasteiger charge is 2.05. The van der Waals surface area contributed by atoms with Crippen molar-refractivity contribution >= 4 is 44.5 Å². The van der Waals surface area contributed by atoms with Gasteiger partial charge in [0.2, 0.25) is 0 Å². The van der Waals surface area contributed by atoms with Crippen LogP contribution in [0.15, 0.2) is 92.9 Å². The summed E-state index contributed by atoms with van der Waals surface area (Å²) in [6.45, 7) is 0.118. The van der Waals surface area contributed by atoms with Crippen molar-refractivity contribution in [3.8, 4) is 11.3 Å². The minimum atomic E-state index is -0.243. The minimum absolute atomic E-state index is 0.118. The normalized spacial score (nSPS) is 11.1. The molecule has 2 N–H and O–H groups in total. The van der Waals surface area contributed by atoms with Gasteiger partial charge in [-0.1, -0.05) is 64.5 Å². The number of nitrogens with one attached hydrogen (secondary N) is 2. The van der Waals surface area contributed by atoms with Crippen LogP contribution in [-0.4, -0.2) is 18.7 Å². The SMILES string of the molecule is O=C(CNc1cccc2ccccc12)N/N=C/c1ccc(-c2cccc(Br)c2)o1. The van der Waals surface area contributed by atoms with Crippen LogP contribution in [0.2, 0.25) is 0 Å². The molecule has 0 atom stereocenters. The number of anilines is 1. The Morgan fingerprint density at radius 3 is 2.72 bits per heavy atom. The summed E-state index contributed by atoms with van der Waals surface area (Å²) in [5, 5.41) is 9.32. The maximum atomic E-state index is 12.1. The minimum Gasteiger partial charge on any atom is -0.455 e. The Kier molecular flexibility index (Phi) is 5.72. The number of fused-ring (bicyclic) bond motifs is 1. The lowest BCUT2D eigenvalue weighted by atomic mass is 10.1.